The minimum absolute atomic E-state index is 0.383. The number of rotatable bonds is 6. The van der Waals surface area contributed by atoms with Gasteiger partial charge in [-0.25, -0.2) is 0 Å². The lowest BCUT2D eigenvalue weighted by molar-refractivity contribution is -0.131. The van der Waals surface area contributed by atoms with E-state index >= 15 is 0 Å². The smallest absolute Gasteiger partial charge is 0.222 e. The lowest BCUT2D eigenvalue weighted by atomic mass is 9.89. The van der Waals surface area contributed by atoms with Gasteiger partial charge in [-0.3, -0.25) is 9.48 Å². The Morgan fingerprint density at radius 1 is 1.20 bits per heavy atom. The van der Waals surface area contributed by atoms with Crippen molar-refractivity contribution in [3.05, 3.63) is 18.0 Å². The molecule has 1 amide bonds. The maximum Gasteiger partial charge on any atom is 0.222 e. The van der Waals surface area contributed by atoms with Gasteiger partial charge in [-0.05, 0) is 50.6 Å². The molecule has 1 aromatic heterocycles. The largest absolute Gasteiger partial charge is 0.342 e. The third kappa shape index (κ3) is 5.30. The summed E-state index contributed by atoms with van der Waals surface area (Å²) in [5, 5.41) is 4.24. The van der Waals surface area contributed by atoms with E-state index in [4.69, 9.17) is 0 Å². The Balaban J connectivity index is 1.46. The van der Waals surface area contributed by atoms with Crippen LogP contribution in [0.4, 0.5) is 0 Å². The summed E-state index contributed by atoms with van der Waals surface area (Å²) in [6.45, 7) is 2.98. The fraction of sp³-hybridized carbons (Fsp3) is 0.800. The maximum absolute atomic E-state index is 12.5. The zero-order valence-corrected chi connectivity index (χ0v) is 16.0. The van der Waals surface area contributed by atoms with Gasteiger partial charge >= 0.3 is 0 Å². The number of likely N-dealkylation sites (N-methyl/N-ethyl adjacent to an activating group) is 1. The van der Waals surface area contributed by atoms with E-state index in [-0.39, 0.29) is 0 Å². The molecule has 1 saturated carbocycles. The van der Waals surface area contributed by atoms with Crippen LogP contribution in [0.1, 0.15) is 56.9 Å². The van der Waals surface area contributed by atoms with Crippen molar-refractivity contribution in [2.24, 2.45) is 13.0 Å². The Kier molecular flexibility index (Phi) is 6.51. The van der Waals surface area contributed by atoms with Gasteiger partial charge < -0.3 is 9.80 Å². The summed E-state index contributed by atoms with van der Waals surface area (Å²) in [7, 11) is 4.17. The molecule has 5 nitrogen and oxygen atoms in total. The quantitative estimate of drug-likeness (QED) is 0.795. The summed E-state index contributed by atoms with van der Waals surface area (Å²) >= 11 is 0. The van der Waals surface area contributed by atoms with Gasteiger partial charge in [0.1, 0.15) is 0 Å². The predicted octanol–water partition coefficient (Wildman–Crippen LogP) is 2.86. The molecule has 0 aromatic carbocycles. The molecule has 0 radical (unpaired) electrons. The number of hydrogen-bond donors (Lipinski definition) is 0. The maximum atomic E-state index is 12.5. The topological polar surface area (TPSA) is 41.4 Å². The fourth-order valence-corrected chi connectivity index (χ4v) is 4.43. The van der Waals surface area contributed by atoms with Gasteiger partial charge in [0.25, 0.3) is 0 Å². The van der Waals surface area contributed by atoms with Gasteiger partial charge in [0.15, 0.2) is 0 Å². The van der Waals surface area contributed by atoms with Crippen molar-refractivity contribution in [1.82, 2.24) is 19.6 Å². The van der Waals surface area contributed by atoms with Gasteiger partial charge in [0.2, 0.25) is 5.91 Å². The molecule has 25 heavy (non-hydrogen) atoms. The van der Waals surface area contributed by atoms with Crippen molar-refractivity contribution < 1.29 is 4.79 Å². The molecule has 1 aliphatic carbocycles. The lowest BCUT2D eigenvalue weighted by Crippen LogP contribution is -2.37. The zero-order chi connectivity index (χ0) is 17.6. The number of aryl methyl sites for hydroxylation is 1. The highest BCUT2D eigenvalue weighted by Gasteiger charge is 2.27. The predicted molar refractivity (Wildman–Crippen MR) is 100 cm³/mol. The highest BCUT2D eigenvalue weighted by molar-refractivity contribution is 5.76. The first kappa shape index (κ1) is 18.4. The summed E-state index contributed by atoms with van der Waals surface area (Å²) in [6.07, 6.45) is 14.6. The Hall–Kier alpha value is -1.36. The van der Waals surface area contributed by atoms with Crippen LogP contribution in [0.3, 0.4) is 0 Å². The molecular weight excluding hydrogens is 312 g/mol. The van der Waals surface area contributed by atoms with E-state index in [1.807, 2.05) is 17.9 Å². The van der Waals surface area contributed by atoms with Crippen LogP contribution in [-0.2, 0) is 18.3 Å². The Labute approximate surface area is 152 Å². The first-order chi connectivity index (χ1) is 12.1. The minimum Gasteiger partial charge on any atom is -0.342 e. The number of carbonyl (C=O) groups is 1. The first-order valence-electron chi connectivity index (χ1n) is 10.1. The highest BCUT2D eigenvalue weighted by Crippen LogP contribution is 2.26. The zero-order valence-electron chi connectivity index (χ0n) is 16.0. The van der Waals surface area contributed by atoms with Crippen LogP contribution in [0.25, 0.3) is 0 Å². The molecule has 140 valence electrons. The van der Waals surface area contributed by atoms with Crippen LogP contribution in [0.2, 0.25) is 0 Å². The second-order valence-electron chi connectivity index (χ2n) is 8.08. The number of nitrogens with zero attached hydrogens (tertiary/aromatic N) is 4. The normalized spacial score (nSPS) is 23.2. The molecule has 1 aromatic rings. The minimum atomic E-state index is 0.383. The molecule has 2 heterocycles. The molecule has 1 unspecified atom stereocenters. The van der Waals surface area contributed by atoms with E-state index < -0.39 is 0 Å². The molecule has 0 N–H and O–H groups in total. The monoisotopic (exact) mass is 346 g/mol. The van der Waals surface area contributed by atoms with Gasteiger partial charge in [-0.1, -0.05) is 19.3 Å². The molecule has 2 fully saturated rings. The molecule has 2 aliphatic rings. The molecule has 1 saturated heterocycles. The molecule has 0 bridgehead atoms. The summed E-state index contributed by atoms with van der Waals surface area (Å²) < 4.78 is 1.86. The van der Waals surface area contributed by atoms with Gasteiger partial charge in [0, 0.05) is 45.3 Å². The van der Waals surface area contributed by atoms with Crippen molar-refractivity contribution in [2.75, 3.05) is 26.7 Å². The SMILES string of the molecule is CN(CCc1cnn(C)c1)C1CCC(=O)N(CC2CCCCC2)CC1. The van der Waals surface area contributed by atoms with E-state index in [1.54, 1.807) is 0 Å². The summed E-state index contributed by atoms with van der Waals surface area (Å²) in [4.78, 5) is 17.2. The van der Waals surface area contributed by atoms with E-state index in [0.717, 1.165) is 44.8 Å². The Morgan fingerprint density at radius 3 is 2.72 bits per heavy atom. The fourth-order valence-electron chi connectivity index (χ4n) is 4.43. The third-order valence-corrected chi connectivity index (χ3v) is 6.11. The van der Waals surface area contributed by atoms with Crippen molar-refractivity contribution in [1.29, 1.82) is 0 Å². The van der Waals surface area contributed by atoms with Gasteiger partial charge in [-0.2, -0.15) is 5.10 Å². The van der Waals surface area contributed by atoms with E-state index in [1.165, 1.54) is 37.7 Å². The Morgan fingerprint density at radius 2 is 2.00 bits per heavy atom. The van der Waals surface area contributed by atoms with Crippen molar-refractivity contribution in [3.63, 3.8) is 0 Å². The molecule has 1 aliphatic heterocycles. The van der Waals surface area contributed by atoms with Gasteiger partial charge in [0.05, 0.1) is 6.20 Å². The summed E-state index contributed by atoms with van der Waals surface area (Å²) in [6, 6.07) is 0.525. The number of carbonyl (C=O) groups excluding carboxylic acids is 1. The number of hydrogen-bond acceptors (Lipinski definition) is 3. The van der Waals surface area contributed by atoms with Crippen molar-refractivity contribution >= 4 is 5.91 Å². The van der Waals surface area contributed by atoms with Crippen LogP contribution in [0, 0.1) is 5.92 Å². The van der Waals surface area contributed by atoms with E-state index in [2.05, 4.69) is 28.1 Å². The molecule has 3 rings (SSSR count). The average molecular weight is 347 g/mol. The highest BCUT2D eigenvalue weighted by atomic mass is 16.2. The first-order valence-corrected chi connectivity index (χ1v) is 10.1. The standard InChI is InChI=1S/C20H34N4O/c1-22(12-10-18-14-21-23(2)15-18)19-8-9-20(25)24(13-11-19)16-17-6-4-3-5-7-17/h14-15,17,19H,3-13,16H2,1-2H3. The lowest BCUT2D eigenvalue weighted by Gasteiger charge is -2.30. The average Bonchev–Trinajstić information content (AvgIpc) is 2.95. The number of aromatic nitrogens is 2. The molecule has 1 atom stereocenters. The molecule has 5 heteroatoms. The van der Waals surface area contributed by atoms with E-state index in [9.17, 15) is 4.79 Å². The summed E-state index contributed by atoms with van der Waals surface area (Å²) in [5.74, 6) is 1.13. The number of amides is 1. The van der Waals surface area contributed by atoms with Crippen LogP contribution in [0.5, 0.6) is 0 Å². The third-order valence-electron chi connectivity index (χ3n) is 6.11. The van der Waals surface area contributed by atoms with Crippen LogP contribution in [0.15, 0.2) is 12.4 Å². The van der Waals surface area contributed by atoms with Crippen LogP contribution in [-0.4, -0.2) is 58.2 Å². The number of likely N-dealkylation sites (tertiary alicyclic amines) is 1. The molecule has 0 spiro atoms. The second-order valence-corrected chi connectivity index (χ2v) is 8.08. The van der Waals surface area contributed by atoms with Crippen LogP contribution >= 0.6 is 0 Å². The Bertz CT molecular complexity index is 550. The second kappa shape index (κ2) is 8.84. The molecular formula is C20H34N4O. The van der Waals surface area contributed by atoms with Crippen LogP contribution < -0.4 is 0 Å². The summed E-state index contributed by atoms with van der Waals surface area (Å²) in [5.41, 5.74) is 1.29. The van der Waals surface area contributed by atoms with Crippen molar-refractivity contribution in [3.8, 4) is 0 Å². The van der Waals surface area contributed by atoms with E-state index in [0.29, 0.717) is 18.4 Å². The van der Waals surface area contributed by atoms with Crippen molar-refractivity contribution in [2.45, 2.75) is 63.8 Å². The van der Waals surface area contributed by atoms with Gasteiger partial charge in [-0.15, -0.1) is 0 Å².